The molecular formula is C12H9N2O2+. The third kappa shape index (κ3) is 1.10. The Kier molecular flexibility index (Phi) is 1.71. The van der Waals surface area contributed by atoms with Gasteiger partial charge in [-0.15, -0.1) is 0 Å². The molecule has 0 spiro atoms. The minimum atomic E-state index is -0.0348. The predicted molar refractivity (Wildman–Crippen MR) is 60.3 cm³/mol. The summed E-state index contributed by atoms with van der Waals surface area (Å²) in [7, 11) is 0. The number of benzene rings is 1. The van der Waals surface area contributed by atoms with E-state index in [4.69, 9.17) is 0 Å². The normalized spacial score (nSPS) is 11.0. The molecule has 4 heteroatoms. The average molecular weight is 213 g/mol. The zero-order chi connectivity index (χ0) is 11.1. The summed E-state index contributed by atoms with van der Waals surface area (Å²) < 4.78 is 0. The molecule has 3 aromatic rings. The molecule has 0 radical (unpaired) electrons. The lowest BCUT2D eigenvalue weighted by molar-refractivity contribution is -0.343. The lowest BCUT2D eigenvalue weighted by Crippen LogP contribution is -2.07. The molecule has 0 fully saturated rings. The summed E-state index contributed by atoms with van der Waals surface area (Å²) in [5, 5.41) is 11.0. The molecule has 0 aliphatic heterocycles. The van der Waals surface area contributed by atoms with Gasteiger partial charge in [-0.2, -0.15) is 0 Å². The summed E-state index contributed by atoms with van der Waals surface area (Å²) in [6.45, 7) is 0. The van der Waals surface area contributed by atoms with Gasteiger partial charge in [-0.3, -0.25) is 4.79 Å². The highest BCUT2D eigenvalue weighted by Crippen LogP contribution is 2.24. The van der Waals surface area contributed by atoms with Gasteiger partial charge < -0.3 is 10.1 Å². The van der Waals surface area contributed by atoms with E-state index in [2.05, 4.69) is 9.97 Å². The van der Waals surface area contributed by atoms with Crippen molar-refractivity contribution in [1.82, 2.24) is 4.98 Å². The highest BCUT2D eigenvalue weighted by Gasteiger charge is 2.11. The van der Waals surface area contributed by atoms with Crippen molar-refractivity contribution in [3.8, 4) is 5.75 Å². The molecule has 2 heterocycles. The molecule has 16 heavy (non-hydrogen) atoms. The molecule has 0 bridgehead atoms. The second-order valence-corrected chi connectivity index (χ2v) is 3.62. The number of fused-ring (bicyclic) bond motifs is 3. The molecule has 0 unspecified atom stereocenters. The van der Waals surface area contributed by atoms with E-state index in [1.54, 1.807) is 30.6 Å². The molecule has 0 atom stereocenters. The van der Waals surface area contributed by atoms with Crippen LogP contribution in [0, 0.1) is 0 Å². The van der Waals surface area contributed by atoms with Gasteiger partial charge in [0.1, 0.15) is 11.3 Å². The maximum Gasteiger partial charge on any atom is 0.239 e. The summed E-state index contributed by atoms with van der Waals surface area (Å²) in [5.41, 5.74) is 1.41. The second-order valence-electron chi connectivity index (χ2n) is 3.62. The first kappa shape index (κ1) is 8.91. The third-order valence-electron chi connectivity index (χ3n) is 2.68. The number of hydrogen-bond acceptors (Lipinski definition) is 2. The minimum absolute atomic E-state index is 0.0348. The van der Waals surface area contributed by atoms with Crippen LogP contribution in [0.2, 0.25) is 0 Å². The third-order valence-corrected chi connectivity index (χ3v) is 2.68. The lowest BCUT2D eigenvalue weighted by atomic mass is 10.1. The molecule has 3 rings (SSSR count). The highest BCUT2D eigenvalue weighted by atomic mass is 16.3. The molecule has 0 saturated carbocycles. The van der Waals surface area contributed by atoms with E-state index in [0.717, 1.165) is 5.52 Å². The van der Waals surface area contributed by atoms with Gasteiger partial charge in [-0.05, 0) is 12.1 Å². The zero-order valence-electron chi connectivity index (χ0n) is 8.32. The van der Waals surface area contributed by atoms with Crippen LogP contribution in [0.15, 0.2) is 41.5 Å². The van der Waals surface area contributed by atoms with E-state index in [1.165, 1.54) is 6.07 Å². The highest BCUT2D eigenvalue weighted by molar-refractivity contribution is 6.02. The van der Waals surface area contributed by atoms with Crippen molar-refractivity contribution in [2.75, 3.05) is 0 Å². The number of aromatic amines is 2. The number of nitrogens with one attached hydrogen (secondary N) is 2. The van der Waals surface area contributed by atoms with Gasteiger partial charge >= 0.3 is 0 Å². The first-order valence-corrected chi connectivity index (χ1v) is 4.91. The van der Waals surface area contributed by atoms with Crippen molar-refractivity contribution in [3.63, 3.8) is 0 Å². The fourth-order valence-corrected chi connectivity index (χ4v) is 1.91. The van der Waals surface area contributed by atoms with Crippen LogP contribution in [0.5, 0.6) is 5.75 Å². The maximum absolute atomic E-state index is 11.6. The fraction of sp³-hybridized carbons (Fsp3) is 0. The van der Waals surface area contributed by atoms with Gasteiger partial charge in [0.2, 0.25) is 5.52 Å². The number of pyridine rings is 2. The van der Waals surface area contributed by atoms with Gasteiger partial charge in [0.15, 0.2) is 11.6 Å². The largest absolute Gasteiger partial charge is 0.507 e. The SMILES string of the molecule is O=c1cc[nH]c2c1ccc1c(O)cc[nH+]c12. The Hall–Kier alpha value is -2.36. The number of H-pyrrole nitrogens is 2. The van der Waals surface area contributed by atoms with Gasteiger partial charge in [-0.1, -0.05) is 0 Å². The van der Waals surface area contributed by atoms with E-state index >= 15 is 0 Å². The first-order valence-electron chi connectivity index (χ1n) is 4.91. The molecule has 0 amide bonds. The number of aromatic nitrogens is 2. The first-order chi connectivity index (χ1) is 7.77. The monoisotopic (exact) mass is 213 g/mol. The van der Waals surface area contributed by atoms with Crippen molar-refractivity contribution in [2.45, 2.75) is 0 Å². The number of rotatable bonds is 0. The van der Waals surface area contributed by atoms with E-state index in [0.29, 0.717) is 16.3 Å². The Labute approximate surface area is 90.2 Å². The van der Waals surface area contributed by atoms with Crippen LogP contribution in [0.4, 0.5) is 0 Å². The fourth-order valence-electron chi connectivity index (χ4n) is 1.91. The summed E-state index contributed by atoms with van der Waals surface area (Å²) in [4.78, 5) is 17.7. The summed E-state index contributed by atoms with van der Waals surface area (Å²) >= 11 is 0. The van der Waals surface area contributed by atoms with E-state index < -0.39 is 0 Å². The zero-order valence-corrected chi connectivity index (χ0v) is 8.32. The van der Waals surface area contributed by atoms with Gasteiger partial charge in [0.25, 0.3) is 0 Å². The molecule has 0 aliphatic carbocycles. The summed E-state index contributed by atoms with van der Waals surface area (Å²) in [5.74, 6) is 0.195. The van der Waals surface area contributed by atoms with Crippen LogP contribution in [-0.2, 0) is 0 Å². The lowest BCUT2D eigenvalue weighted by Gasteiger charge is -1.99. The standard InChI is InChI=1S/C12H8N2O2/c15-9-3-5-13-11-7(9)1-2-8-10(16)4-6-14-12(8)11/h1-6H,(H,13,15)(H,14,16)/p+1. The smallest absolute Gasteiger partial charge is 0.239 e. The second kappa shape index (κ2) is 3.06. The van der Waals surface area contributed by atoms with Crippen LogP contribution in [0.3, 0.4) is 0 Å². The van der Waals surface area contributed by atoms with Crippen LogP contribution >= 0.6 is 0 Å². The van der Waals surface area contributed by atoms with Crippen molar-refractivity contribution in [2.24, 2.45) is 0 Å². The summed E-state index contributed by atoms with van der Waals surface area (Å²) in [6, 6.07) is 6.51. The van der Waals surface area contributed by atoms with Crippen LogP contribution in [-0.4, -0.2) is 10.1 Å². The van der Waals surface area contributed by atoms with E-state index in [1.807, 2.05) is 0 Å². The molecule has 0 aliphatic rings. The van der Waals surface area contributed by atoms with Crippen molar-refractivity contribution in [1.29, 1.82) is 0 Å². The van der Waals surface area contributed by atoms with E-state index in [9.17, 15) is 9.90 Å². The molecule has 0 saturated heterocycles. The molecule has 4 nitrogen and oxygen atoms in total. The Morgan fingerprint density at radius 3 is 2.81 bits per heavy atom. The molecule has 78 valence electrons. The van der Waals surface area contributed by atoms with E-state index in [-0.39, 0.29) is 11.2 Å². The number of aromatic hydroxyl groups is 1. The topological polar surface area (TPSA) is 67.2 Å². The van der Waals surface area contributed by atoms with Crippen LogP contribution in [0.25, 0.3) is 21.8 Å². The Balaban J connectivity index is 2.66. The Morgan fingerprint density at radius 1 is 1.12 bits per heavy atom. The quantitative estimate of drug-likeness (QED) is 0.551. The Bertz CT molecular complexity index is 747. The summed E-state index contributed by atoms with van der Waals surface area (Å²) in [6.07, 6.45) is 3.24. The van der Waals surface area contributed by atoms with Crippen molar-refractivity contribution < 1.29 is 10.1 Å². The Morgan fingerprint density at radius 2 is 1.94 bits per heavy atom. The average Bonchev–Trinajstić information content (AvgIpc) is 2.30. The molecule has 2 aromatic heterocycles. The van der Waals surface area contributed by atoms with Gasteiger partial charge in [0, 0.05) is 18.3 Å². The van der Waals surface area contributed by atoms with Crippen molar-refractivity contribution in [3.05, 3.63) is 46.9 Å². The van der Waals surface area contributed by atoms with Gasteiger partial charge in [-0.25, -0.2) is 4.98 Å². The van der Waals surface area contributed by atoms with Crippen molar-refractivity contribution >= 4 is 21.8 Å². The van der Waals surface area contributed by atoms with Crippen LogP contribution in [0.1, 0.15) is 0 Å². The predicted octanol–water partition coefficient (Wildman–Crippen LogP) is 1.20. The molecule has 3 N–H and O–H groups in total. The van der Waals surface area contributed by atoms with Gasteiger partial charge in [0.05, 0.1) is 10.8 Å². The molecule has 1 aromatic carbocycles. The molecular weight excluding hydrogens is 204 g/mol. The maximum atomic E-state index is 11.6. The van der Waals surface area contributed by atoms with Crippen LogP contribution < -0.4 is 10.4 Å². The minimum Gasteiger partial charge on any atom is -0.507 e. The number of hydrogen-bond donors (Lipinski definition) is 2.